The van der Waals surface area contributed by atoms with Crippen LogP contribution >= 0.6 is 11.3 Å². The van der Waals surface area contributed by atoms with Crippen LogP contribution in [-0.4, -0.2) is 23.1 Å². The SMILES string of the molecule is CN(CCn1cc(N)ccc1=O)Cc1ccsc1. The van der Waals surface area contributed by atoms with E-state index in [1.807, 2.05) is 0 Å². The van der Waals surface area contributed by atoms with Gasteiger partial charge in [0.2, 0.25) is 0 Å². The van der Waals surface area contributed by atoms with Crippen LogP contribution in [0.3, 0.4) is 0 Å². The Hall–Kier alpha value is -1.59. The third-order valence-electron chi connectivity index (χ3n) is 2.76. The summed E-state index contributed by atoms with van der Waals surface area (Å²) in [6.45, 7) is 2.38. The molecule has 0 radical (unpaired) electrons. The summed E-state index contributed by atoms with van der Waals surface area (Å²) < 4.78 is 1.65. The van der Waals surface area contributed by atoms with Crippen molar-refractivity contribution in [2.75, 3.05) is 19.3 Å². The predicted molar refractivity (Wildman–Crippen MR) is 75.8 cm³/mol. The van der Waals surface area contributed by atoms with Crippen molar-refractivity contribution in [3.63, 3.8) is 0 Å². The number of anilines is 1. The zero-order valence-corrected chi connectivity index (χ0v) is 11.2. The normalized spacial score (nSPS) is 11.0. The lowest BCUT2D eigenvalue weighted by Crippen LogP contribution is -2.27. The number of hydrogen-bond acceptors (Lipinski definition) is 4. The first-order chi connectivity index (χ1) is 8.65. The Morgan fingerprint density at radius 1 is 1.39 bits per heavy atom. The molecule has 0 aliphatic carbocycles. The molecule has 2 heterocycles. The molecule has 0 aliphatic heterocycles. The number of nitrogen functional groups attached to an aromatic ring is 1. The first-order valence-electron chi connectivity index (χ1n) is 5.81. The van der Waals surface area contributed by atoms with Gasteiger partial charge in [-0.15, -0.1) is 0 Å². The highest BCUT2D eigenvalue weighted by Gasteiger charge is 2.02. The third kappa shape index (κ3) is 3.45. The second kappa shape index (κ2) is 5.84. The van der Waals surface area contributed by atoms with Crippen molar-refractivity contribution >= 4 is 17.0 Å². The molecule has 0 spiro atoms. The van der Waals surface area contributed by atoms with Gasteiger partial charge in [-0.3, -0.25) is 4.79 Å². The highest BCUT2D eigenvalue weighted by molar-refractivity contribution is 7.07. The molecule has 0 fully saturated rings. The zero-order valence-electron chi connectivity index (χ0n) is 10.4. The molecule has 0 unspecified atom stereocenters. The molecule has 2 rings (SSSR count). The summed E-state index contributed by atoms with van der Waals surface area (Å²) >= 11 is 1.70. The molecule has 0 atom stereocenters. The van der Waals surface area contributed by atoms with E-state index in [4.69, 9.17) is 5.73 Å². The maximum Gasteiger partial charge on any atom is 0.250 e. The molecule has 4 nitrogen and oxygen atoms in total. The van der Waals surface area contributed by atoms with E-state index in [2.05, 4.69) is 28.8 Å². The molecule has 2 aromatic rings. The molecule has 5 heteroatoms. The molecule has 2 aromatic heterocycles. The number of likely N-dealkylation sites (N-methyl/N-ethyl adjacent to an activating group) is 1. The standard InChI is InChI=1S/C13H17N3OS/c1-15(8-11-4-7-18-10-11)5-6-16-9-12(14)2-3-13(16)17/h2-4,7,9-10H,5-6,8,14H2,1H3. The van der Waals surface area contributed by atoms with Gasteiger partial charge in [-0.05, 0) is 35.5 Å². The van der Waals surface area contributed by atoms with Gasteiger partial charge < -0.3 is 15.2 Å². The Balaban J connectivity index is 1.91. The van der Waals surface area contributed by atoms with Gasteiger partial charge in [0.1, 0.15) is 0 Å². The van der Waals surface area contributed by atoms with Crippen molar-refractivity contribution in [2.24, 2.45) is 0 Å². The van der Waals surface area contributed by atoms with Crippen molar-refractivity contribution in [2.45, 2.75) is 13.1 Å². The molecular formula is C13H17N3OS. The topological polar surface area (TPSA) is 51.3 Å². The molecule has 96 valence electrons. The van der Waals surface area contributed by atoms with Crippen LogP contribution in [-0.2, 0) is 13.1 Å². The number of pyridine rings is 1. The Labute approximate surface area is 110 Å². The Morgan fingerprint density at radius 2 is 2.22 bits per heavy atom. The van der Waals surface area contributed by atoms with Gasteiger partial charge in [-0.1, -0.05) is 0 Å². The summed E-state index contributed by atoms with van der Waals surface area (Å²) in [5.74, 6) is 0. The van der Waals surface area contributed by atoms with Crippen molar-refractivity contribution in [1.29, 1.82) is 0 Å². The first kappa shape index (κ1) is 12.9. The average Bonchev–Trinajstić information content (AvgIpc) is 2.83. The maximum absolute atomic E-state index is 11.6. The first-order valence-corrected chi connectivity index (χ1v) is 6.75. The number of hydrogen-bond donors (Lipinski definition) is 1. The van der Waals surface area contributed by atoms with E-state index >= 15 is 0 Å². The Bertz CT molecular complexity index is 548. The number of nitrogens with zero attached hydrogens (tertiary/aromatic N) is 2. The average molecular weight is 263 g/mol. The molecule has 0 saturated heterocycles. The predicted octanol–water partition coefficient (Wildman–Crippen LogP) is 1.62. The van der Waals surface area contributed by atoms with Crippen molar-refractivity contribution in [3.05, 3.63) is 51.1 Å². The van der Waals surface area contributed by atoms with Crippen LogP contribution in [0.2, 0.25) is 0 Å². The van der Waals surface area contributed by atoms with Crippen molar-refractivity contribution < 1.29 is 0 Å². The van der Waals surface area contributed by atoms with Gasteiger partial charge in [0.15, 0.2) is 0 Å². The smallest absolute Gasteiger partial charge is 0.250 e. The van der Waals surface area contributed by atoms with E-state index in [0.29, 0.717) is 12.2 Å². The number of aromatic nitrogens is 1. The van der Waals surface area contributed by atoms with Crippen LogP contribution in [0, 0.1) is 0 Å². The van der Waals surface area contributed by atoms with E-state index in [1.54, 1.807) is 28.2 Å². The molecular weight excluding hydrogens is 246 g/mol. The van der Waals surface area contributed by atoms with Gasteiger partial charge in [0.05, 0.1) is 0 Å². The van der Waals surface area contributed by atoms with Gasteiger partial charge in [-0.25, -0.2) is 0 Å². The van der Waals surface area contributed by atoms with Crippen molar-refractivity contribution in [3.8, 4) is 0 Å². The molecule has 18 heavy (non-hydrogen) atoms. The van der Waals surface area contributed by atoms with E-state index in [0.717, 1.165) is 13.1 Å². The summed E-state index contributed by atoms with van der Waals surface area (Å²) in [6.07, 6.45) is 1.70. The number of nitrogens with two attached hydrogens (primary N) is 1. The molecule has 0 aromatic carbocycles. The second-order valence-electron chi connectivity index (χ2n) is 4.36. The summed E-state index contributed by atoms with van der Waals surface area (Å²) in [5, 5.41) is 4.22. The molecule has 0 amide bonds. The van der Waals surface area contributed by atoms with Crippen LogP contribution in [0.25, 0.3) is 0 Å². The fraction of sp³-hybridized carbons (Fsp3) is 0.308. The van der Waals surface area contributed by atoms with Gasteiger partial charge in [-0.2, -0.15) is 11.3 Å². The van der Waals surface area contributed by atoms with Gasteiger partial charge in [0, 0.05) is 37.6 Å². The summed E-state index contributed by atoms with van der Waals surface area (Å²) in [6, 6.07) is 5.26. The van der Waals surface area contributed by atoms with E-state index in [9.17, 15) is 4.79 Å². The fourth-order valence-corrected chi connectivity index (χ4v) is 2.44. The fourth-order valence-electron chi connectivity index (χ4n) is 1.78. The third-order valence-corrected chi connectivity index (χ3v) is 3.49. The van der Waals surface area contributed by atoms with Crippen LogP contribution in [0.15, 0.2) is 40.0 Å². The lowest BCUT2D eigenvalue weighted by molar-refractivity contribution is 0.310. The summed E-state index contributed by atoms with van der Waals surface area (Å²) in [4.78, 5) is 13.8. The molecule has 0 bridgehead atoms. The molecule has 2 N–H and O–H groups in total. The zero-order chi connectivity index (χ0) is 13.0. The van der Waals surface area contributed by atoms with E-state index in [-0.39, 0.29) is 5.56 Å². The summed E-state index contributed by atoms with van der Waals surface area (Å²) in [7, 11) is 2.05. The quantitative estimate of drug-likeness (QED) is 0.892. The number of thiophene rings is 1. The van der Waals surface area contributed by atoms with Crippen LogP contribution < -0.4 is 11.3 Å². The van der Waals surface area contributed by atoms with E-state index < -0.39 is 0 Å². The highest BCUT2D eigenvalue weighted by Crippen LogP contribution is 2.08. The Morgan fingerprint density at radius 3 is 2.94 bits per heavy atom. The Kier molecular flexibility index (Phi) is 4.17. The second-order valence-corrected chi connectivity index (χ2v) is 5.14. The largest absolute Gasteiger partial charge is 0.398 e. The minimum atomic E-state index is -0.00636. The minimum Gasteiger partial charge on any atom is -0.398 e. The van der Waals surface area contributed by atoms with E-state index in [1.165, 1.54) is 11.6 Å². The lowest BCUT2D eigenvalue weighted by atomic mass is 10.3. The lowest BCUT2D eigenvalue weighted by Gasteiger charge is -2.16. The van der Waals surface area contributed by atoms with Crippen LogP contribution in [0.5, 0.6) is 0 Å². The highest BCUT2D eigenvalue weighted by atomic mass is 32.1. The maximum atomic E-state index is 11.6. The van der Waals surface area contributed by atoms with Crippen molar-refractivity contribution in [1.82, 2.24) is 9.47 Å². The molecule has 0 saturated carbocycles. The van der Waals surface area contributed by atoms with Crippen LogP contribution in [0.1, 0.15) is 5.56 Å². The minimum absolute atomic E-state index is 0.00636. The number of rotatable bonds is 5. The van der Waals surface area contributed by atoms with Gasteiger partial charge in [0.25, 0.3) is 5.56 Å². The monoisotopic (exact) mass is 263 g/mol. The van der Waals surface area contributed by atoms with Gasteiger partial charge >= 0.3 is 0 Å². The van der Waals surface area contributed by atoms with Crippen LogP contribution in [0.4, 0.5) is 5.69 Å². The molecule has 0 aliphatic rings. The summed E-state index contributed by atoms with van der Waals surface area (Å²) in [5.41, 5.74) is 7.59.